The van der Waals surface area contributed by atoms with Crippen molar-refractivity contribution in [3.05, 3.63) is 29.3 Å². The van der Waals surface area contributed by atoms with Gasteiger partial charge in [0.25, 0.3) is 0 Å². The van der Waals surface area contributed by atoms with Gasteiger partial charge < -0.3 is 19.7 Å². The van der Waals surface area contributed by atoms with E-state index in [1.807, 2.05) is 6.07 Å². The number of ether oxygens (including phenoxy) is 2. The molecule has 0 radical (unpaired) electrons. The van der Waals surface area contributed by atoms with E-state index in [9.17, 15) is 9.90 Å². The van der Waals surface area contributed by atoms with E-state index >= 15 is 0 Å². The number of nitriles is 1. The van der Waals surface area contributed by atoms with E-state index < -0.39 is 5.97 Å². The molecule has 0 unspecified atom stereocenters. The van der Waals surface area contributed by atoms with Gasteiger partial charge in [0, 0.05) is 18.6 Å². The fraction of sp³-hybridized carbons (Fsp3) is 0.500. The maximum Gasteiger partial charge on any atom is 0.331 e. The molecule has 0 fully saturated rings. The smallest absolute Gasteiger partial charge is 0.331 e. The van der Waals surface area contributed by atoms with Crippen molar-refractivity contribution in [3.63, 3.8) is 0 Å². The number of aliphatic hydroxyl groups excluding tert-OH is 1. The van der Waals surface area contributed by atoms with Crippen LogP contribution in [0.1, 0.15) is 50.5 Å². The molecule has 0 amide bonds. The van der Waals surface area contributed by atoms with E-state index in [2.05, 4.69) is 0 Å². The largest absolute Gasteiger partial charge is 0.493 e. The number of rotatable bonds is 13. The molecule has 6 nitrogen and oxygen atoms in total. The number of nitrogens with zero attached hydrogens (tertiary/aromatic N) is 1. The minimum absolute atomic E-state index is 0.221. The number of hydrogen-bond acceptors (Lipinski definition) is 5. The quantitative estimate of drug-likeness (QED) is 0.409. The summed E-state index contributed by atoms with van der Waals surface area (Å²) < 4.78 is 11.1. The Morgan fingerprint density at radius 3 is 2.62 bits per heavy atom. The third kappa shape index (κ3) is 8.04. The predicted molar refractivity (Wildman–Crippen MR) is 99.1 cm³/mol. The highest BCUT2D eigenvalue weighted by Gasteiger charge is 2.10. The Balaban J connectivity index is 2.72. The van der Waals surface area contributed by atoms with Crippen molar-refractivity contribution in [3.8, 4) is 17.6 Å². The van der Waals surface area contributed by atoms with Crippen LogP contribution < -0.4 is 9.47 Å². The van der Waals surface area contributed by atoms with E-state index in [4.69, 9.17) is 19.8 Å². The van der Waals surface area contributed by atoms with Crippen molar-refractivity contribution in [1.29, 1.82) is 5.26 Å². The number of aliphatic hydroxyl groups is 1. The Morgan fingerprint density at radius 1 is 1.19 bits per heavy atom. The number of carboxylic acid groups (broad SMARTS) is 1. The average molecular weight is 361 g/mol. The molecular weight excluding hydrogens is 334 g/mol. The Morgan fingerprint density at radius 2 is 1.96 bits per heavy atom. The summed E-state index contributed by atoms with van der Waals surface area (Å²) in [6.07, 6.45) is 6.47. The second kappa shape index (κ2) is 12.8. The first-order chi connectivity index (χ1) is 12.6. The number of hydrogen-bond donors (Lipinski definition) is 2. The molecule has 26 heavy (non-hydrogen) atoms. The van der Waals surface area contributed by atoms with Crippen LogP contribution in [-0.4, -0.2) is 36.5 Å². The lowest BCUT2D eigenvalue weighted by atomic mass is 10.0. The van der Waals surface area contributed by atoms with E-state index in [0.29, 0.717) is 42.9 Å². The van der Waals surface area contributed by atoms with Crippen LogP contribution in [-0.2, 0) is 4.79 Å². The minimum atomic E-state index is -0.981. The van der Waals surface area contributed by atoms with Gasteiger partial charge in [0.1, 0.15) is 0 Å². The second-order valence-corrected chi connectivity index (χ2v) is 5.88. The molecule has 142 valence electrons. The fourth-order valence-corrected chi connectivity index (χ4v) is 2.44. The van der Waals surface area contributed by atoms with Gasteiger partial charge in [-0.3, -0.25) is 0 Å². The minimum Gasteiger partial charge on any atom is -0.493 e. The molecule has 1 aromatic rings. The number of aliphatic carboxylic acids is 1. The van der Waals surface area contributed by atoms with Gasteiger partial charge in [0.15, 0.2) is 11.5 Å². The zero-order valence-corrected chi connectivity index (χ0v) is 15.2. The number of methoxy groups -OCH3 is 1. The van der Waals surface area contributed by atoms with Gasteiger partial charge in [0.2, 0.25) is 0 Å². The molecule has 0 bridgehead atoms. The van der Waals surface area contributed by atoms with Crippen LogP contribution >= 0.6 is 0 Å². The van der Waals surface area contributed by atoms with Gasteiger partial charge in [-0.15, -0.1) is 0 Å². The molecule has 0 spiro atoms. The summed E-state index contributed by atoms with van der Waals surface area (Å²) >= 11 is 0. The van der Waals surface area contributed by atoms with Crippen LogP contribution in [0.4, 0.5) is 0 Å². The maximum absolute atomic E-state index is 11.3. The molecule has 2 N–H and O–H groups in total. The maximum atomic E-state index is 11.3. The van der Waals surface area contributed by atoms with E-state index in [1.165, 1.54) is 0 Å². The molecule has 0 aliphatic heterocycles. The lowest BCUT2D eigenvalue weighted by Crippen LogP contribution is -2.01. The summed E-state index contributed by atoms with van der Waals surface area (Å²) in [7, 11) is 1.54. The van der Waals surface area contributed by atoms with Crippen LogP contribution in [0.25, 0.3) is 6.08 Å². The molecule has 0 aliphatic rings. The molecule has 0 aromatic heterocycles. The fourth-order valence-electron chi connectivity index (χ4n) is 2.44. The zero-order chi connectivity index (χ0) is 19.2. The van der Waals surface area contributed by atoms with Gasteiger partial charge >= 0.3 is 5.97 Å². The average Bonchev–Trinajstić information content (AvgIpc) is 2.64. The highest BCUT2D eigenvalue weighted by molar-refractivity contribution is 5.92. The number of benzene rings is 1. The monoisotopic (exact) mass is 361 g/mol. The first-order valence-corrected chi connectivity index (χ1v) is 8.85. The lowest BCUT2D eigenvalue weighted by molar-refractivity contribution is -0.132. The van der Waals surface area contributed by atoms with Crippen molar-refractivity contribution in [2.75, 3.05) is 20.3 Å². The van der Waals surface area contributed by atoms with Gasteiger partial charge in [-0.25, -0.2) is 4.79 Å². The molecule has 1 aromatic carbocycles. The number of unbranched alkanes of at least 4 members (excludes halogenated alkanes) is 4. The SMILES string of the molecule is COc1cc(C=C(CCCC#N)C(=O)O)ccc1OCCCCCCO. The second-order valence-electron chi connectivity index (χ2n) is 5.88. The summed E-state index contributed by atoms with van der Waals surface area (Å²) in [5.74, 6) is 0.189. The van der Waals surface area contributed by atoms with Crippen LogP contribution in [0.3, 0.4) is 0 Å². The summed E-state index contributed by atoms with van der Waals surface area (Å²) in [5.41, 5.74) is 0.978. The third-order valence-corrected chi connectivity index (χ3v) is 3.85. The van der Waals surface area contributed by atoms with Crippen molar-refractivity contribution < 1.29 is 24.5 Å². The van der Waals surface area contributed by atoms with Crippen LogP contribution in [0.15, 0.2) is 23.8 Å². The number of carbonyl (C=O) groups is 1. The van der Waals surface area contributed by atoms with Crippen molar-refractivity contribution in [2.45, 2.75) is 44.9 Å². The standard InChI is InChI=1S/C20H27NO5/c1-25-19-15-16(14-17(20(23)24)8-4-5-11-21)9-10-18(19)26-13-7-3-2-6-12-22/h9-10,14-15,22H,2-8,12-13H2,1H3,(H,23,24). The highest BCUT2D eigenvalue weighted by atomic mass is 16.5. The molecule has 0 heterocycles. The Labute approximate surface area is 154 Å². The highest BCUT2D eigenvalue weighted by Crippen LogP contribution is 2.29. The summed E-state index contributed by atoms with van der Waals surface area (Å²) in [5, 5.41) is 26.6. The van der Waals surface area contributed by atoms with E-state index in [-0.39, 0.29) is 12.2 Å². The van der Waals surface area contributed by atoms with Crippen molar-refractivity contribution >= 4 is 12.0 Å². The summed E-state index contributed by atoms with van der Waals surface area (Å²) in [6, 6.07) is 7.32. The Kier molecular flexibility index (Phi) is 10.6. The molecule has 0 saturated carbocycles. The molecule has 1 rings (SSSR count). The van der Waals surface area contributed by atoms with Gasteiger partial charge in [0.05, 0.1) is 19.8 Å². The molecule has 0 aliphatic carbocycles. The first-order valence-electron chi connectivity index (χ1n) is 8.85. The third-order valence-electron chi connectivity index (χ3n) is 3.85. The topological polar surface area (TPSA) is 99.8 Å². The van der Waals surface area contributed by atoms with Crippen LogP contribution in [0.2, 0.25) is 0 Å². The molecular formula is C20H27NO5. The summed E-state index contributed by atoms with van der Waals surface area (Å²) in [6.45, 7) is 0.782. The predicted octanol–water partition coefficient (Wildman–Crippen LogP) is 3.79. The normalized spacial score (nSPS) is 11.0. The summed E-state index contributed by atoms with van der Waals surface area (Å²) in [4.78, 5) is 11.3. The number of carboxylic acids is 1. The Hall–Kier alpha value is -2.52. The molecule has 0 saturated heterocycles. The lowest BCUT2D eigenvalue weighted by Gasteiger charge is -2.11. The van der Waals surface area contributed by atoms with E-state index in [1.54, 1.807) is 31.4 Å². The van der Waals surface area contributed by atoms with E-state index in [0.717, 1.165) is 25.7 Å². The van der Waals surface area contributed by atoms with Crippen LogP contribution in [0.5, 0.6) is 11.5 Å². The first kappa shape index (κ1) is 21.5. The van der Waals surface area contributed by atoms with Crippen molar-refractivity contribution in [2.24, 2.45) is 0 Å². The van der Waals surface area contributed by atoms with Crippen molar-refractivity contribution in [1.82, 2.24) is 0 Å². The van der Waals surface area contributed by atoms with Gasteiger partial charge in [-0.1, -0.05) is 12.5 Å². The Bertz CT molecular complexity index is 634. The van der Waals surface area contributed by atoms with Gasteiger partial charge in [-0.05, 0) is 55.9 Å². The zero-order valence-electron chi connectivity index (χ0n) is 15.2. The van der Waals surface area contributed by atoms with Crippen LogP contribution in [0, 0.1) is 11.3 Å². The molecule has 6 heteroatoms. The molecule has 0 atom stereocenters. The van der Waals surface area contributed by atoms with Gasteiger partial charge in [-0.2, -0.15) is 5.26 Å².